The Balaban J connectivity index is 2.26. The first-order valence-electron chi connectivity index (χ1n) is 7.70. The van der Waals surface area contributed by atoms with E-state index >= 15 is 0 Å². The molecule has 0 bridgehead atoms. The van der Waals surface area contributed by atoms with Crippen molar-refractivity contribution in [3.8, 4) is 11.5 Å². The van der Waals surface area contributed by atoms with Gasteiger partial charge in [-0.2, -0.15) is 0 Å². The van der Waals surface area contributed by atoms with E-state index in [1.165, 1.54) is 11.0 Å². The summed E-state index contributed by atoms with van der Waals surface area (Å²) in [6.07, 6.45) is 0.794. The number of nitrogens with zero attached hydrogens (tertiary/aromatic N) is 2. The zero-order valence-electron chi connectivity index (χ0n) is 13.8. The number of carbonyl (C=O) groups excluding carboxylic acids is 1. The van der Waals surface area contributed by atoms with Gasteiger partial charge < -0.3 is 14.4 Å². The molecule has 8 heteroatoms. The number of rotatable bonds is 7. The topological polar surface area (TPSA) is 83.6 Å². The molecule has 0 unspecified atom stereocenters. The van der Waals surface area contributed by atoms with Crippen molar-refractivity contribution in [1.29, 1.82) is 0 Å². The molecule has 0 spiro atoms. The first kappa shape index (κ1) is 18.6. The van der Waals surface area contributed by atoms with Crippen molar-refractivity contribution in [2.45, 2.75) is 20.3 Å². The van der Waals surface area contributed by atoms with Crippen molar-refractivity contribution in [2.24, 2.45) is 5.92 Å². The second-order valence-electron chi connectivity index (χ2n) is 5.92. The van der Waals surface area contributed by atoms with E-state index in [4.69, 9.17) is 9.52 Å². The van der Waals surface area contributed by atoms with E-state index < -0.39 is 29.1 Å². The van der Waals surface area contributed by atoms with Gasteiger partial charge in [0.15, 0.2) is 5.69 Å². The Morgan fingerprint density at radius 2 is 1.92 bits per heavy atom. The zero-order chi connectivity index (χ0) is 18.6. The lowest BCUT2D eigenvalue weighted by atomic mass is 10.2. The van der Waals surface area contributed by atoms with Crippen LogP contribution in [0, 0.1) is 17.6 Å². The molecular formula is C17H18F2N2O4. The highest BCUT2D eigenvalue weighted by Crippen LogP contribution is 2.25. The zero-order valence-corrected chi connectivity index (χ0v) is 13.8. The highest BCUT2D eigenvalue weighted by atomic mass is 19.1. The third kappa shape index (κ3) is 4.62. The van der Waals surface area contributed by atoms with Crippen LogP contribution in [-0.2, 0) is 4.79 Å². The van der Waals surface area contributed by atoms with Crippen LogP contribution in [-0.4, -0.2) is 40.0 Å². The number of hydrogen-bond acceptors (Lipinski definition) is 4. The molecule has 1 heterocycles. The summed E-state index contributed by atoms with van der Waals surface area (Å²) in [5.74, 6) is -3.54. The van der Waals surface area contributed by atoms with E-state index in [1.807, 2.05) is 13.8 Å². The number of aromatic nitrogens is 1. The van der Waals surface area contributed by atoms with Crippen molar-refractivity contribution in [2.75, 3.05) is 13.1 Å². The van der Waals surface area contributed by atoms with E-state index in [-0.39, 0.29) is 30.5 Å². The summed E-state index contributed by atoms with van der Waals surface area (Å²) in [7, 11) is 0. The summed E-state index contributed by atoms with van der Waals surface area (Å²) in [6.45, 7) is 4.08. The van der Waals surface area contributed by atoms with Gasteiger partial charge in [0.2, 0.25) is 5.89 Å². The number of oxazole rings is 1. The normalized spacial score (nSPS) is 10.9. The van der Waals surface area contributed by atoms with Crippen molar-refractivity contribution in [3.05, 3.63) is 41.8 Å². The fourth-order valence-corrected chi connectivity index (χ4v) is 2.30. The monoisotopic (exact) mass is 352 g/mol. The first-order valence-corrected chi connectivity index (χ1v) is 7.70. The van der Waals surface area contributed by atoms with Gasteiger partial charge >= 0.3 is 5.97 Å². The summed E-state index contributed by atoms with van der Waals surface area (Å²) in [4.78, 5) is 28.5. The molecule has 2 rings (SSSR count). The third-order valence-corrected chi connectivity index (χ3v) is 3.37. The average Bonchev–Trinajstić information content (AvgIpc) is 2.99. The molecule has 0 fully saturated rings. The number of carboxylic acid groups (broad SMARTS) is 1. The Hall–Kier alpha value is -2.77. The van der Waals surface area contributed by atoms with Crippen LogP contribution in [0.3, 0.4) is 0 Å². The summed E-state index contributed by atoms with van der Waals surface area (Å²) in [5, 5.41) is 8.81. The second-order valence-corrected chi connectivity index (χ2v) is 5.92. The molecule has 0 aliphatic carbocycles. The fraction of sp³-hybridized carbons (Fsp3) is 0.353. The van der Waals surface area contributed by atoms with Gasteiger partial charge in [-0.05, 0) is 18.1 Å². The Morgan fingerprint density at radius 1 is 1.28 bits per heavy atom. The van der Waals surface area contributed by atoms with Gasteiger partial charge in [0, 0.05) is 13.1 Å². The van der Waals surface area contributed by atoms with Crippen LogP contribution in [0.2, 0.25) is 0 Å². The van der Waals surface area contributed by atoms with Crippen LogP contribution in [0.5, 0.6) is 0 Å². The number of hydrogen-bond donors (Lipinski definition) is 1. The molecule has 1 aromatic heterocycles. The van der Waals surface area contributed by atoms with E-state index in [2.05, 4.69) is 4.98 Å². The van der Waals surface area contributed by atoms with Gasteiger partial charge in [-0.3, -0.25) is 9.59 Å². The molecule has 0 aliphatic heterocycles. The molecule has 2 aromatic rings. The van der Waals surface area contributed by atoms with Crippen molar-refractivity contribution < 1.29 is 27.9 Å². The second kappa shape index (κ2) is 7.87. The van der Waals surface area contributed by atoms with Gasteiger partial charge in [-0.25, -0.2) is 13.8 Å². The van der Waals surface area contributed by atoms with E-state index in [9.17, 15) is 18.4 Å². The van der Waals surface area contributed by atoms with E-state index in [1.54, 1.807) is 0 Å². The predicted molar refractivity (Wildman–Crippen MR) is 84.8 cm³/mol. The molecule has 1 N–H and O–H groups in total. The summed E-state index contributed by atoms with van der Waals surface area (Å²) in [6, 6.07) is 3.32. The molecule has 0 saturated carbocycles. The minimum Gasteiger partial charge on any atom is -0.481 e. The molecule has 0 saturated heterocycles. The van der Waals surface area contributed by atoms with Crippen LogP contribution in [0.25, 0.3) is 11.5 Å². The molecule has 0 atom stereocenters. The number of carboxylic acids is 1. The standard InChI is InChI=1S/C17H18F2N2O4/c1-10(2)8-21(7-6-14(22)23)17(24)13-9-25-16(20-13)15-11(18)4-3-5-12(15)19/h3-5,9-10H,6-8H2,1-2H3,(H,22,23). The van der Waals surface area contributed by atoms with Gasteiger partial charge in [0.1, 0.15) is 23.5 Å². The lowest BCUT2D eigenvalue weighted by molar-refractivity contribution is -0.137. The molecule has 1 aromatic carbocycles. The van der Waals surface area contributed by atoms with Crippen molar-refractivity contribution in [3.63, 3.8) is 0 Å². The molecule has 0 radical (unpaired) electrons. The smallest absolute Gasteiger partial charge is 0.305 e. The summed E-state index contributed by atoms with van der Waals surface area (Å²) < 4.78 is 32.6. The molecule has 6 nitrogen and oxygen atoms in total. The van der Waals surface area contributed by atoms with Crippen LogP contribution in [0.1, 0.15) is 30.8 Å². The maximum Gasteiger partial charge on any atom is 0.305 e. The average molecular weight is 352 g/mol. The SMILES string of the molecule is CC(C)CN(CCC(=O)O)C(=O)c1coc(-c2c(F)cccc2F)n1. The summed E-state index contributed by atoms with van der Waals surface area (Å²) >= 11 is 0. The number of benzene rings is 1. The van der Waals surface area contributed by atoms with Crippen LogP contribution < -0.4 is 0 Å². The fourth-order valence-electron chi connectivity index (χ4n) is 2.30. The largest absolute Gasteiger partial charge is 0.481 e. The van der Waals surface area contributed by atoms with E-state index in [0.717, 1.165) is 18.4 Å². The highest BCUT2D eigenvalue weighted by molar-refractivity contribution is 5.92. The predicted octanol–water partition coefficient (Wildman–Crippen LogP) is 3.19. The summed E-state index contributed by atoms with van der Waals surface area (Å²) in [5.41, 5.74) is -0.591. The maximum atomic E-state index is 13.8. The van der Waals surface area contributed by atoms with E-state index in [0.29, 0.717) is 6.54 Å². The maximum absolute atomic E-state index is 13.8. The van der Waals surface area contributed by atoms with Gasteiger partial charge in [-0.1, -0.05) is 19.9 Å². The van der Waals surface area contributed by atoms with Gasteiger partial charge in [0.05, 0.1) is 6.42 Å². The lowest BCUT2D eigenvalue weighted by Crippen LogP contribution is -2.36. The minimum atomic E-state index is -1.03. The molecule has 134 valence electrons. The van der Waals surface area contributed by atoms with Crippen LogP contribution >= 0.6 is 0 Å². The molecule has 0 aliphatic rings. The lowest BCUT2D eigenvalue weighted by Gasteiger charge is -2.22. The van der Waals surface area contributed by atoms with Gasteiger partial charge in [0.25, 0.3) is 5.91 Å². The Labute approximate surface area is 143 Å². The Morgan fingerprint density at radius 3 is 2.48 bits per heavy atom. The number of halogens is 2. The highest BCUT2D eigenvalue weighted by Gasteiger charge is 2.23. The number of carbonyl (C=O) groups is 2. The molecule has 25 heavy (non-hydrogen) atoms. The minimum absolute atomic E-state index is 0.00258. The third-order valence-electron chi connectivity index (χ3n) is 3.37. The van der Waals surface area contributed by atoms with Crippen molar-refractivity contribution in [1.82, 2.24) is 9.88 Å². The number of amides is 1. The quantitative estimate of drug-likeness (QED) is 0.827. The molecular weight excluding hydrogens is 334 g/mol. The Bertz CT molecular complexity index is 754. The van der Waals surface area contributed by atoms with Crippen LogP contribution in [0.4, 0.5) is 8.78 Å². The number of aliphatic carboxylic acids is 1. The molecule has 1 amide bonds. The first-order chi connectivity index (χ1) is 11.8. The van der Waals surface area contributed by atoms with Crippen molar-refractivity contribution >= 4 is 11.9 Å². The Kier molecular flexibility index (Phi) is 5.84. The van der Waals surface area contributed by atoms with Crippen LogP contribution in [0.15, 0.2) is 28.9 Å². The van der Waals surface area contributed by atoms with Gasteiger partial charge in [-0.15, -0.1) is 0 Å².